The fourth-order valence-electron chi connectivity index (χ4n) is 2.90. The van der Waals surface area contributed by atoms with Crippen molar-refractivity contribution in [3.8, 4) is 0 Å². The standard InChI is InChI=1S/C15H13ClF3NO3S/c16-11-5-1-4-10(15(17,18)19)14(11)24(21,22)20-8-2-6-12(20)13-7-3-9-23-13/h1,3-5,7,9,12H,2,6,8H2/t12-/m1/s1. The normalized spacial score (nSPS) is 19.8. The van der Waals surface area contributed by atoms with E-state index in [0.717, 1.165) is 22.5 Å². The quantitative estimate of drug-likeness (QED) is 0.790. The molecule has 4 nitrogen and oxygen atoms in total. The Morgan fingerprint density at radius 2 is 1.96 bits per heavy atom. The summed E-state index contributed by atoms with van der Waals surface area (Å²) in [4.78, 5) is -0.905. The van der Waals surface area contributed by atoms with Gasteiger partial charge >= 0.3 is 6.18 Å². The van der Waals surface area contributed by atoms with E-state index in [2.05, 4.69) is 0 Å². The molecule has 0 bridgehead atoms. The van der Waals surface area contributed by atoms with E-state index in [4.69, 9.17) is 16.0 Å². The highest BCUT2D eigenvalue weighted by atomic mass is 35.5. The van der Waals surface area contributed by atoms with Crippen molar-refractivity contribution in [1.29, 1.82) is 0 Å². The number of sulfonamides is 1. The van der Waals surface area contributed by atoms with Crippen molar-refractivity contribution in [2.75, 3.05) is 6.54 Å². The lowest BCUT2D eigenvalue weighted by atomic mass is 10.2. The van der Waals surface area contributed by atoms with Crippen molar-refractivity contribution in [3.63, 3.8) is 0 Å². The van der Waals surface area contributed by atoms with Gasteiger partial charge < -0.3 is 4.42 Å². The Labute approximate surface area is 141 Å². The summed E-state index contributed by atoms with van der Waals surface area (Å²) in [6, 6.07) is 5.52. The first kappa shape index (κ1) is 17.3. The Morgan fingerprint density at radius 3 is 2.58 bits per heavy atom. The lowest BCUT2D eigenvalue weighted by Crippen LogP contribution is -2.32. The van der Waals surface area contributed by atoms with Crippen LogP contribution in [0, 0.1) is 0 Å². The summed E-state index contributed by atoms with van der Waals surface area (Å²) in [7, 11) is -4.44. The van der Waals surface area contributed by atoms with Crippen molar-refractivity contribution in [2.45, 2.75) is 30.0 Å². The van der Waals surface area contributed by atoms with E-state index in [9.17, 15) is 21.6 Å². The fourth-order valence-corrected chi connectivity index (χ4v) is 5.30. The Balaban J connectivity index is 2.12. The van der Waals surface area contributed by atoms with Gasteiger partial charge in [0.2, 0.25) is 10.0 Å². The summed E-state index contributed by atoms with van der Waals surface area (Å²) in [6.45, 7) is 0.107. The number of furan rings is 1. The summed E-state index contributed by atoms with van der Waals surface area (Å²) >= 11 is 5.84. The molecule has 1 aliphatic rings. The van der Waals surface area contributed by atoms with Crippen LogP contribution >= 0.6 is 11.6 Å². The number of alkyl halides is 3. The number of hydrogen-bond donors (Lipinski definition) is 0. The third-order valence-electron chi connectivity index (χ3n) is 3.91. The van der Waals surface area contributed by atoms with E-state index in [1.54, 1.807) is 12.1 Å². The van der Waals surface area contributed by atoms with Gasteiger partial charge in [0.15, 0.2) is 0 Å². The minimum atomic E-state index is -4.83. The minimum Gasteiger partial charge on any atom is -0.468 e. The van der Waals surface area contributed by atoms with Crippen LogP contribution in [0.4, 0.5) is 13.2 Å². The van der Waals surface area contributed by atoms with Crippen molar-refractivity contribution >= 4 is 21.6 Å². The van der Waals surface area contributed by atoms with E-state index >= 15 is 0 Å². The van der Waals surface area contributed by atoms with Gasteiger partial charge in [0.05, 0.1) is 22.9 Å². The average molecular weight is 380 g/mol. The molecule has 130 valence electrons. The molecule has 1 aliphatic heterocycles. The molecular weight excluding hydrogens is 367 g/mol. The third-order valence-corrected chi connectivity index (χ3v) is 6.35. The van der Waals surface area contributed by atoms with Crippen molar-refractivity contribution < 1.29 is 26.0 Å². The first-order valence-corrected chi connectivity index (χ1v) is 8.95. The molecule has 0 radical (unpaired) electrons. The molecule has 1 aromatic heterocycles. The first-order chi connectivity index (χ1) is 11.2. The molecular formula is C15H13ClF3NO3S. The third kappa shape index (κ3) is 2.94. The molecule has 24 heavy (non-hydrogen) atoms. The molecule has 1 fully saturated rings. The SMILES string of the molecule is O=S(=O)(c1c(Cl)cccc1C(F)(F)F)N1CCC[C@@H]1c1ccco1. The van der Waals surface area contributed by atoms with Crippen LogP contribution in [0.2, 0.25) is 5.02 Å². The predicted molar refractivity (Wildman–Crippen MR) is 81.0 cm³/mol. The smallest absolute Gasteiger partial charge is 0.417 e. The molecule has 1 saturated heterocycles. The Bertz CT molecular complexity index is 834. The lowest BCUT2D eigenvalue weighted by molar-refractivity contribution is -0.139. The molecule has 2 aromatic rings. The van der Waals surface area contributed by atoms with Crippen LogP contribution in [0.3, 0.4) is 0 Å². The maximum absolute atomic E-state index is 13.3. The summed E-state index contributed by atoms with van der Waals surface area (Å²) in [6.07, 6.45) is -2.43. The number of rotatable bonds is 3. The fraction of sp³-hybridized carbons (Fsp3) is 0.333. The van der Waals surface area contributed by atoms with Crippen molar-refractivity contribution in [1.82, 2.24) is 4.31 Å². The highest BCUT2D eigenvalue weighted by Crippen LogP contribution is 2.43. The van der Waals surface area contributed by atoms with Crippen LogP contribution in [-0.2, 0) is 16.2 Å². The average Bonchev–Trinajstić information content (AvgIpc) is 3.16. The van der Waals surface area contributed by atoms with Gasteiger partial charge in [0, 0.05) is 6.54 Å². The van der Waals surface area contributed by atoms with Gasteiger partial charge in [-0.3, -0.25) is 0 Å². The molecule has 0 N–H and O–H groups in total. The molecule has 1 atom stereocenters. The first-order valence-electron chi connectivity index (χ1n) is 7.14. The minimum absolute atomic E-state index is 0.107. The van der Waals surface area contributed by atoms with Gasteiger partial charge in [-0.05, 0) is 37.1 Å². The summed E-state index contributed by atoms with van der Waals surface area (Å²) in [5.41, 5.74) is -1.26. The topological polar surface area (TPSA) is 50.5 Å². The van der Waals surface area contributed by atoms with Gasteiger partial charge in [-0.2, -0.15) is 17.5 Å². The highest BCUT2D eigenvalue weighted by molar-refractivity contribution is 7.89. The number of nitrogens with zero attached hydrogens (tertiary/aromatic N) is 1. The van der Waals surface area contributed by atoms with Gasteiger partial charge in [-0.15, -0.1) is 0 Å². The maximum atomic E-state index is 13.3. The van der Waals surface area contributed by atoms with Gasteiger partial charge in [0.25, 0.3) is 0 Å². The van der Waals surface area contributed by atoms with Crippen LogP contribution in [0.25, 0.3) is 0 Å². The van der Waals surface area contributed by atoms with Gasteiger partial charge in [-0.1, -0.05) is 17.7 Å². The van der Waals surface area contributed by atoms with Crippen molar-refractivity contribution in [3.05, 3.63) is 52.9 Å². The van der Waals surface area contributed by atoms with Crippen LogP contribution in [0.15, 0.2) is 45.9 Å². The van der Waals surface area contributed by atoms with Crippen molar-refractivity contribution in [2.24, 2.45) is 0 Å². The summed E-state index contributed by atoms with van der Waals surface area (Å²) in [5.74, 6) is 0.400. The molecule has 0 unspecified atom stereocenters. The van der Waals surface area contributed by atoms with E-state index in [0.29, 0.717) is 18.6 Å². The monoisotopic (exact) mass is 379 g/mol. The molecule has 9 heteroatoms. The zero-order chi connectivity index (χ0) is 17.5. The predicted octanol–water partition coefficient (Wildman–Crippen LogP) is 4.48. The highest BCUT2D eigenvalue weighted by Gasteiger charge is 2.44. The molecule has 0 amide bonds. The second-order valence-corrected chi connectivity index (χ2v) is 7.64. The zero-order valence-corrected chi connectivity index (χ0v) is 13.8. The number of halogens is 4. The second kappa shape index (κ2) is 6.09. The van der Waals surface area contributed by atoms with Crippen LogP contribution in [-0.4, -0.2) is 19.3 Å². The Kier molecular flexibility index (Phi) is 4.39. The van der Waals surface area contributed by atoms with E-state index < -0.39 is 37.7 Å². The Hall–Kier alpha value is -1.51. The van der Waals surface area contributed by atoms with E-state index in [1.807, 2.05) is 0 Å². The molecule has 2 heterocycles. The molecule has 0 saturated carbocycles. The van der Waals surface area contributed by atoms with Gasteiger partial charge in [-0.25, -0.2) is 8.42 Å². The molecule has 0 aliphatic carbocycles. The Morgan fingerprint density at radius 1 is 1.21 bits per heavy atom. The lowest BCUT2D eigenvalue weighted by Gasteiger charge is -2.25. The molecule has 1 aromatic carbocycles. The number of hydrogen-bond acceptors (Lipinski definition) is 3. The second-order valence-electron chi connectivity index (χ2n) is 5.40. The summed E-state index contributed by atoms with van der Waals surface area (Å²) in [5, 5.41) is -0.449. The van der Waals surface area contributed by atoms with Crippen LogP contribution in [0.1, 0.15) is 30.2 Å². The molecule has 0 spiro atoms. The summed E-state index contributed by atoms with van der Waals surface area (Å²) < 4.78 is 71.9. The van der Waals surface area contributed by atoms with E-state index in [1.165, 1.54) is 6.26 Å². The van der Waals surface area contributed by atoms with Crippen LogP contribution < -0.4 is 0 Å². The zero-order valence-electron chi connectivity index (χ0n) is 12.3. The largest absolute Gasteiger partial charge is 0.468 e. The number of benzene rings is 1. The van der Waals surface area contributed by atoms with Gasteiger partial charge in [0.1, 0.15) is 10.7 Å². The molecule has 3 rings (SSSR count). The van der Waals surface area contributed by atoms with Crippen LogP contribution in [0.5, 0.6) is 0 Å². The maximum Gasteiger partial charge on any atom is 0.417 e. The van der Waals surface area contributed by atoms with E-state index in [-0.39, 0.29) is 6.54 Å².